The third-order valence-corrected chi connectivity index (χ3v) is 7.67. The fourth-order valence-electron chi connectivity index (χ4n) is 5.55. The number of rotatable bonds is 8. The van der Waals surface area contributed by atoms with Gasteiger partial charge in [0.05, 0.1) is 5.92 Å². The van der Waals surface area contributed by atoms with Crippen LogP contribution in [0.1, 0.15) is 89.5 Å². The van der Waals surface area contributed by atoms with Crippen LogP contribution >= 0.6 is 0 Å². The van der Waals surface area contributed by atoms with E-state index in [0.717, 1.165) is 49.7 Å². The smallest absolute Gasteiger partial charge is 0.426 e. The van der Waals surface area contributed by atoms with Crippen molar-refractivity contribution in [2.45, 2.75) is 96.1 Å². The molecule has 0 amide bonds. The van der Waals surface area contributed by atoms with Crippen molar-refractivity contribution < 1.29 is 31.5 Å². The van der Waals surface area contributed by atoms with Gasteiger partial charge in [-0.1, -0.05) is 45.4 Å². The number of ether oxygens (including phenoxy) is 1. The summed E-state index contributed by atoms with van der Waals surface area (Å²) in [7, 11) is 0. The van der Waals surface area contributed by atoms with Gasteiger partial charge in [0.2, 0.25) is 0 Å². The summed E-state index contributed by atoms with van der Waals surface area (Å²) in [5.41, 5.74) is -1.17. The van der Waals surface area contributed by atoms with Crippen LogP contribution in [0.4, 0.5) is 22.0 Å². The molecule has 186 valence electrons. The first-order chi connectivity index (χ1) is 15.6. The Labute approximate surface area is 193 Å². The molecule has 33 heavy (non-hydrogen) atoms. The molecule has 7 heteroatoms. The quantitative estimate of drug-likeness (QED) is 0.164. The lowest BCUT2D eigenvalue weighted by atomic mass is 9.68. The van der Waals surface area contributed by atoms with Crippen molar-refractivity contribution in [2.24, 2.45) is 23.7 Å². The van der Waals surface area contributed by atoms with E-state index in [9.17, 15) is 26.7 Å². The average Bonchev–Trinajstić information content (AvgIpc) is 2.79. The molecular formula is C26H35F5O2. The number of hydrogen-bond donors (Lipinski definition) is 0. The zero-order valence-corrected chi connectivity index (χ0v) is 19.3. The number of unbranched alkanes of at least 4 members (excludes halogenated alkanes) is 2. The highest BCUT2D eigenvalue weighted by Gasteiger charge is 2.58. The molecule has 0 aliphatic heterocycles. The molecule has 3 rings (SSSR count). The number of alkyl halides is 5. The standard InChI is InChI=1S/C26H35F5O2/c1-2-3-4-5-18-6-8-19(9-7-18)20-10-12-21(13-11-20)24(32)33-23-16-14-22(15-17-23)25(27,28)26(29,30)31/h14-21H,2-13H2,1H3. The van der Waals surface area contributed by atoms with Gasteiger partial charge in [-0.3, -0.25) is 4.79 Å². The van der Waals surface area contributed by atoms with Crippen LogP contribution in [-0.2, 0) is 10.7 Å². The molecule has 0 N–H and O–H groups in total. The fraction of sp³-hybridized carbons (Fsp3) is 0.731. The molecule has 2 aliphatic carbocycles. The highest BCUT2D eigenvalue weighted by molar-refractivity contribution is 5.75. The lowest BCUT2D eigenvalue weighted by Gasteiger charge is -2.37. The second-order valence-electron chi connectivity index (χ2n) is 9.91. The number of halogens is 5. The van der Waals surface area contributed by atoms with E-state index in [0.29, 0.717) is 18.1 Å². The summed E-state index contributed by atoms with van der Waals surface area (Å²) in [5.74, 6) is -3.36. The van der Waals surface area contributed by atoms with Crippen LogP contribution in [0, 0.1) is 23.7 Å². The molecule has 1 aromatic rings. The van der Waals surface area contributed by atoms with Crippen LogP contribution in [0.3, 0.4) is 0 Å². The molecule has 2 saturated carbocycles. The minimum absolute atomic E-state index is 0.00903. The highest BCUT2D eigenvalue weighted by atomic mass is 19.4. The maximum atomic E-state index is 13.4. The van der Waals surface area contributed by atoms with E-state index < -0.39 is 23.6 Å². The maximum Gasteiger partial charge on any atom is 0.458 e. The summed E-state index contributed by atoms with van der Waals surface area (Å²) < 4.78 is 69.5. The van der Waals surface area contributed by atoms with E-state index in [2.05, 4.69) is 6.92 Å². The van der Waals surface area contributed by atoms with Gasteiger partial charge in [-0.25, -0.2) is 0 Å². The molecule has 0 heterocycles. The van der Waals surface area contributed by atoms with E-state index in [-0.39, 0.29) is 11.7 Å². The van der Waals surface area contributed by atoms with Crippen molar-refractivity contribution in [2.75, 3.05) is 0 Å². The van der Waals surface area contributed by atoms with Gasteiger partial charge in [0.1, 0.15) is 5.75 Å². The van der Waals surface area contributed by atoms with Crippen molar-refractivity contribution in [3.63, 3.8) is 0 Å². The van der Waals surface area contributed by atoms with Crippen molar-refractivity contribution in [3.05, 3.63) is 29.8 Å². The molecule has 0 aromatic heterocycles. The summed E-state index contributed by atoms with van der Waals surface area (Å²) in [6.07, 6.45) is 8.28. The first-order valence-corrected chi connectivity index (χ1v) is 12.4. The predicted molar refractivity (Wildman–Crippen MR) is 117 cm³/mol. The Hall–Kier alpha value is -1.66. The molecule has 0 saturated heterocycles. The van der Waals surface area contributed by atoms with Gasteiger partial charge in [0.25, 0.3) is 0 Å². The predicted octanol–water partition coefficient (Wildman–Crippen LogP) is 8.44. The normalized spacial score (nSPS) is 26.7. The van der Waals surface area contributed by atoms with Crippen LogP contribution < -0.4 is 4.74 Å². The maximum absolute atomic E-state index is 13.4. The average molecular weight is 475 g/mol. The van der Waals surface area contributed by atoms with Gasteiger partial charge in [-0.15, -0.1) is 0 Å². The lowest BCUT2D eigenvalue weighted by molar-refractivity contribution is -0.289. The van der Waals surface area contributed by atoms with Crippen molar-refractivity contribution in [1.82, 2.24) is 0 Å². The van der Waals surface area contributed by atoms with E-state index in [4.69, 9.17) is 4.74 Å². The van der Waals surface area contributed by atoms with Gasteiger partial charge < -0.3 is 4.74 Å². The van der Waals surface area contributed by atoms with Gasteiger partial charge in [-0.2, -0.15) is 22.0 Å². The van der Waals surface area contributed by atoms with Gasteiger partial charge in [0.15, 0.2) is 0 Å². The zero-order chi connectivity index (χ0) is 24.1. The lowest BCUT2D eigenvalue weighted by Crippen LogP contribution is -2.33. The molecule has 0 atom stereocenters. The van der Waals surface area contributed by atoms with E-state index in [1.165, 1.54) is 51.4 Å². The van der Waals surface area contributed by atoms with Crippen LogP contribution in [0.15, 0.2) is 24.3 Å². The fourth-order valence-corrected chi connectivity index (χ4v) is 5.55. The Morgan fingerprint density at radius 3 is 1.91 bits per heavy atom. The Morgan fingerprint density at radius 1 is 0.848 bits per heavy atom. The van der Waals surface area contributed by atoms with Crippen LogP contribution in [0.5, 0.6) is 5.75 Å². The Kier molecular flexibility index (Phi) is 8.79. The van der Waals surface area contributed by atoms with E-state index >= 15 is 0 Å². The van der Waals surface area contributed by atoms with Gasteiger partial charge in [-0.05, 0) is 80.5 Å². The topological polar surface area (TPSA) is 26.3 Å². The third kappa shape index (κ3) is 6.69. The number of benzene rings is 1. The number of hydrogen-bond acceptors (Lipinski definition) is 2. The summed E-state index contributed by atoms with van der Waals surface area (Å²) >= 11 is 0. The second-order valence-corrected chi connectivity index (χ2v) is 9.91. The first kappa shape index (κ1) is 26.0. The summed E-state index contributed by atoms with van der Waals surface area (Å²) in [5, 5.41) is 0. The van der Waals surface area contributed by atoms with Crippen molar-refractivity contribution >= 4 is 5.97 Å². The number of carbonyl (C=O) groups is 1. The van der Waals surface area contributed by atoms with Crippen molar-refractivity contribution in [1.29, 1.82) is 0 Å². The molecule has 1 aromatic carbocycles. The summed E-state index contributed by atoms with van der Waals surface area (Å²) in [6, 6.07) is 3.31. The molecular weight excluding hydrogens is 439 g/mol. The minimum Gasteiger partial charge on any atom is -0.426 e. The van der Waals surface area contributed by atoms with Crippen LogP contribution in [0.2, 0.25) is 0 Å². The van der Waals surface area contributed by atoms with E-state index in [1.54, 1.807) is 0 Å². The van der Waals surface area contributed by atoms with Crippen LogP contribution in [0.25, 0.3) is 0 Å². The second kappa shape index (κ2) is 11.2. The van der Waals surface area contributed by atoms with E-state index in [1.807, 2.05) is 0 Å². The Morgan fingerprint density at radius 2 is 1.39 bits per heavy atom. The highest BCUT2D eigenvalue weighted by Crippen LogP contribution is 2.45. The molecule has 0 spiro atoms. The Balaban J connectivity index is 1.43. The Bertz CT molecular complexity index is 743. The molecule has 2 fully saturated rings. The van der Waals surface area contributed by atoms with Gasteiger partial charge >= 0.3 is 18.1 Å². The molecule has 2 nitrogen and oxygen atoms in total. The molecule has 0 radical (unpaired) electrons. The number of carbonyl (C=O) groups excluding carboxylic acids is 1. The number of esters is 1. The summed E-state index contributed by atoms with van der Waals surface area (Å²) in [4.78, 5) is 12.5. The van der Waals surface area contributed by atoms with Gasteiger partial charge in [0, 0.05) is 5.56 Å². The molecule has 0 bridgehead atoms. The monoisotopic (exact) mass is 474 g/mol. The molecule has 2 aliphatic rings. The minimum atomic E-state index is -5.67. The largest absolute Gasteiger partial charge is 0.458 e. The zero-order valence-electron chi connectivity index (χ0n) is 19.3. The first-order valence-electron chi connectivity index (χ1n) is 12.4. The van der Waals surface area contributed by atoms with Crippen molar-refractivity contribution in [3.8, 4) is 5.75 Å². The third-order valence-electron chi connectivity index (χ3n) is 7.67. The SMILES string of the molecule is CCCCCC1CCC(C2CCC(C(=O)Oc3ccc(C(F)(F)C(F)(F)F)cc3)CC2)CC1. The summed E-state index contributed by atoms with van der Waals surface area (Å²) in [6.45, 7) is 2.23. The van der Waals surface area contributed by atoms with Crippen LogP contribution in [-0.4, -0.2) is 12.1 Å². The molecule has 0 unspecified atom stereocenters.